The van der Waals surface area contributed by atoms with Crippen molar-refractivity contribution in [2.24, 2.45) is 0 Å². The van der Waals surface area contributed by atoms with E-state index in [2.05, 4.69) is 20.9 Å². The van der Waals surface area contributed by atoms with Crippen LogP contribution in [-0.4, -0.2) is 44.2 Å². The summed E-state index contributed by atoms with van der Waals surface area (Å²) in [5.74, 6) is -0.315. The van der Waals surface area contributed by atoms with E-state index in [0.29, 0.717) is 11.1 Å². The summed E-state index contributed by atoms with van der Waals surface area (Å²) < 4.78 is 4.92. The van der Waals surface area contributed by atoms with E-state index < -0.39 is 0 Å². The number of hydrogen-bond donors (Lipinski definition) is 1. The molecule has 0 bridgehead atoms. The first kappa shape index (κ1) is 17.9. The van der Waals surface area contributed by atoms with Gasteiger partial charge in [-0.3, -0.25) is 0 Å². The number of carbonyl (C=O) groups is 1. The molecule has 0 unspecified atom stereocenters. The van der Waals surface area contributed by atoms with Crippen LogP contribution in [-0.2, 0) is 4.74 Å². The third-order valence-corrected chi connectivity index (χ3v) is 5.40. The lowest BCUT2D eigenvalue weighted by Crippen LogP contribution is -2.46. The highest BCUT2D eigenvalue weighted by Crippen LogP contribution is 2.31. The molecule has 1 aliphatic heterocycles. The molecule has 0 atom stereocenters. The number of hydrogen-bond acceptors (Lipinski definition) is 5. The Labute approximate surface area is 163 Å². The smallest absolute Gasteiger partial charge is 0.338 e. The highest BCUT2D eigenvalue weighted by Gasteiger charge is 2.22. The molecule has 4 rings (SSSR count). The highest BCUT2D eigenvalue weighted by molar-refractivity contribution is 6.01. The number of ether oxygens (including phenoxy) is 1. The fourth-order valence-electron chi connectivity index (χ4n) is 3.89. The van der Waals surface area contributed by atoms with E-state index in [1.165, 1.54) is 7.11 Å². The molecule has 2 aromatic carbocycles. The van der Waals surface area contributed by atoms with E-state index >= 15 is 0 Å². The van der Waals surface area contributed by atoms with Crippen molar-refractivity contribution < 1.29 is 9.53 Å². The molecule has 142 valence electrons. The van der Waals surface area contributed by atoms with Gasteiger partial charge < -0.3 is 19.5 Å². The van der Waals surface area contributed by atoms with Gasteiger partial charge in [-0.1, -0.05) is 12.1 Å². The first-order valence-corrected chi connectivity index (χ1v) is 9.31. The lowest BCUT2D eigenvalue weighted by molar-refractivity contribution is 0.0600. The molecule has 0 spiro atoms. The Hall–Kier alpha value is -3.46. The summed E-state index contributed by atoms with van der Waals surface area (Å²) in [5.41, 5.74) is 5.29. The number of rotatable bonds is 3. The summed E-state index contributed by atoms with van der Waals surface area (Å²) in [6.07, 6.45) is 2.00. The van der Waals surface area contributed by atoms with Crippen molar-refractivity contribution in [2.45, 2.75) is 6.92 Å². The monoisotopic (exact) mass is 374 g/mol. The summed E-state index contributed by atoms with van der Waals surface area (Å²) in [6, 6.07) is 13.9. The van der Waals surface area contributed by atoms with E-state index in [1.807, 2.05) is 49.5 Å². The summed E-state index contributed by atoms with van der Waals surface area (Å²) in [5, 5.41) is 10.4. The number of aromatic nitrogens is 1. The molecule has 0 saturated carbocycles. The van der Waals surface area contributed by atoms with Crippen LogP contribution in [0.25, 0.3) is 10.9 Å². The number of nitrogens with zero attached hydrogens (tertiary/aromatic N) is 3. The zero-order chi connectivity index (χ0) is 19.7. The number of carbonyl (C=O) groups excluding carboxylic acids is 1. The number of nitriles is 1. The second-order valence-corrected chi connectivity index (χ2v) is 6.98. The van der Waals surface area contributed by atoms with Gasteiger partial charge in [-0.15, -0.1) is 0 Å². The number of benzene rings is 2. The van der Waals surface area contributed by atoms with Crippen LogP contribution < -0.4 is 9.80 Å². The maximum absolute atomic E-state index is 12.1. The number of esters is 1. The number of methoxy groups -OCH3 is 1. The zero-order valence-corrected chi connectivity index (χ0v) is 16.0. The first-order chi connectivity index (χ1) is 13.6. The van der Waals surface area contributed by atoms with E-state index in [4.69, 9.17) is 4.74 Å². The largest absolute Gasteiger partial charge is 0.465 e. The fourth-order valence-corrected chi connectivity index (χ4v) is 3.89. The Balaban J connectivity index is 1.59. The van der Waals surface area contributed by atoms with Gasteiger partial charge in [0.2, 0.25) is 0 Å². The lowest BCUT2D eigenvalue weighted by atomic mass is 10.0. The number of piperazine rings is 1. The van der Waals surface area contributed by atoms with Crippen molar-refractivity contribution in [1.29, 1.82) is 5.26 Å². The Morgan fingerprint density at radius 1 is 1.11 bits per heavy atom. The standard InChI is InChI=1S/C22H22N4O2/c1-15-11-19-18(12-17(15)22(27)28-2)21(14-24-19)26-9-7-25(8-10-26)20-6-4-3-5-16(20)13-23/h3-6,11-12,14,24H,7-10H2,1-2H3. The quantitative estimate of drug-likeness (QED) is 0.711. The minimum Gasteiger partial charge on any atom is -0.465 e. The maximum Gasteiger partial charge on any atom is 0.338 e. The third-order valence-electron chi connectivity index (χ3n) is 5.40. The summed E-state index contributed by atoms with van der Waals surface area (Å²) in [7, 11) is 1.41. The Morgan fingerprint density at radius 3 is 2.46 bits per heavy atom. The zero-order valence-electron chi connectivity index (χ0n) is 16.0. The predicted octanol–water partition coefficient (Wildman–Crippen LogP) is 3.46. The molecule has 1 N–H and O–H groups in total. The SMILES string of the molecule is COC(=O)c1cc2c(N3CCN(c4ccccc4C#N)CC3)c[nH]c2cc1C. The van der Waals surface area contributed by atoms with Gasteiger partial charge in [-0.25, -0.2) is 4.79 Å². The number of aromatic amines is 1. The Kier molecular flexibility index (Phi) is 4.66. The molecular formula is C22H22N4O2. The van der Waals surface area contributed by atoms with Gasteiger partial charge in [0.05, 0.1) is 29.6 Å². The molecular weight excluding hydrogens is 352 g/mol. The highest BCUT2D eigenvalue weighted by atomic mass is 16.5. The van der Waals surface area contributed by atoms with Crippen LogP contribution in [0, 0.1) is 18.3 Å². The predicted molar refractivity (Wildman–Crippen MR) is 110 cm³/mol. The van der Waals surface area contributed by atoms with Gasteiger partial charge in [-0.2, -0.15) is 5.26 Å². The van der Waals surface area contributed by atoms with Crippen LogP contribution in [0.15, 0.2) is 42.6 Å². The minimum atomic E-state index is -0.315. The van der Waals surface area contributed by atoms with Gasteiger partial charge >= 0.3 is 5.97 Å². The number of nitrogens with one attached hydrogen (secondary N) is 1. The van der Waals surface area contributed by atoms with Crippen LogP contribution in [0.3, 0.4) is 0 Å². The molecule has 2 heterocycles. The van der Waals surface area contributed by atoms with Crippen molar-refractivity contribution in [3.8, 4) is 6.07 Å². The molecule has 3 aromatic rings. The number of anilines is 2. The fraction of sp³-hybridized carbons (Fsp3) is 0.273. The minimum absolute atomic E-state index is 0.315. The topological polar surface area (TPSA) is 72.4 Å². The second-order valence-electron chi connectivity index (χ2n) is 6.98. The van der Waals surface area contributed by atoms with Crippen molar-refractivity contribution in [3.05, 3.63) is 59.3 Å². The number of para-hydroxylation sites is 1. The van der Waals surface area contributed by atoms with Gasteiger partial charge in [-0.05, 0) is 36.8 Å². The number of fused-ring (bicyclic) bond motifs is 1. The van der Waals surface area contributed by atoms with E-state index in [-0.39, 0.29) is 5.97 Å². The third kappa shape index (κ3) is 3.05. The van der Waals surface area contributed by atoms with Crippen LogP contribution in [0.2, 0.25) is 0 Å². The molecule has 0 amide bonds. The van der Waals surface area contributed by atoms with E-state index in [1.54, 1.807) is 0 Å². The van der Waals surface area contributed by atoms with Crippen molar-refractivity contribution >= 4 is 28.2 Å². The number of aryl methyl sites for hydroxylation is 1. The molecule has 1 saturated heterocycles. The van der Waals surface area contributed by atoms with Gasteiger partial charge in [0.1, 0.15) is 6.07 Å². The molecule has 1 aliphatic rings. The average molecular weight is 374 g/mol. The van der Waals surface area contributed by atoms with Crippen molar-refractivity contribution in [2.75, 3.05) is 43.1 Å². The molecule has 0 aliphatic carbocycles. The summed E-state index contributed by atoms with van der Waals surface area (Å²) in [6.45, 7) is 5.27. The summed E-state index contributed by atoms with van der Waals surface area (Å²) in [4.78, 5) is 20.0. The van der Waals surface area contributed by atoms with Crippen LogP contribution in [0.4, 0.5) is 11.4 Å². The molecule has 0 radical (unpaired) electrons. The summed E-state index contributed by atoms with van der Waals surface area (Å²) >= 11 is 0. The Bertz CT molecular complexity index is 1070. The normalized spacial score (nSPS) is 14.2. The van der Waals surface area contributed by atoms with Crippen LogP contribution in [0.5, 0.6) is 0 Å². The molecule has 6 heteroatoms. The van der Waals surface area contributed by atoms with E-state index in [0.717, 1.165) is 54.0 Å². The number of H-pyrrole nitrogens is 1. The second kappa shape index (κ2) is 7.28. The first-order valence-electron chi connectivity index (χ1n) is 9.31. The molecule has 6 nitrogen and oxygen atoms in total. The Morgan fingerprint density at radius 2 is 1.79 bits per heavy atom. The van der Waals surface area contributed by atoms with Gasteiger partial charge in [0.25, 0.3) is 0 Å². The molecule has 28 heavy (non-hydrogen) atoms. The van der Waals surface area contributed by atoms with E-state index in [9.17, 15) is 10.1 Å². The molecule has 1 fully saturated rings. The van der Waals surface area contributed by atoms with Gasteiger partial charge in [0, 0.05) is 43.3 Å². The average Bonchev–Trinajstić information content (AvgIpc) is 3.15. The van der Waals surface area contributed by atoms with Gasteiger partial charge in [0.15, 0.2) is 0 Å². The molecule has 1 aromatic heterocycles. The van der Waals surface area contributed by atoms with Crippen LogP contribution in [0.1, 0.15) is 21.5 Å². The maximum atomic E-state index is 12.1. The lowest BCUT2D eigenvalue weighted by Gasteiger charge is -2.37. The van der Waals surface area contributed by atoms with Crippen molar-refractivity contribution in [1.82, 2.24) is 4.98 Å². The van der Waals surface area contributed by atoms with Crippen LogP contribution >= 0.6 is 0 Å². The van der Waals surface area contributed by atoms with Crippen molar-refractivity contribution in [3.63, 3.8) is 0 Å².